The van der Waals surface area contributed by atoms with Gasteiger partial charge in [0.05, 0.1) is 16.9 Å². The zero-order chi connectivity index (χ0) is 19.5. The van der Waals surface area contributed by atoms with Crippen molar-refractivity contribution in [3.63, 3.8) is 0 Å². The van der Waals surface area contributed by atoms with Crippen molar-refractivity contribution in [3.8, 4) is 0 Å². The minimum Gasteiger partial charge on any atom is -0.399 e. The van der Waals surface area contributed by atoms with Gasteiger partial charge in [0.2, 0.25) is 5.91 Å². The number of carbonyl (C=O) groups is 1. The molecular weight excluding hydrogens is 388 g/mol. The van der Waals surface area contributed by atoms with E-state index >= 15 is 0 Å². The van der Waals surface area contributed by atoms with Crippen LogP contribution in [0.4, 0.5) is 5.69 Å². The smallest absolute Gasteiger partial charge is 0.258 e. The third-order valence-corrected chi connectivity index (χ3v) is 5.30. The van der Waals surface area contributed by atoms with E-state index in [9.17, 15) is 9.59 Å². The van der Waals surface area contributed by atoms with E-state index in [4.69, 9.17) is 5.73 Å². The number of nitrogens with two attached hydrogens (primary N) is 1. The lowest BCUT2D eigenvalue weighted by molar-refractivity contribution is -0.122. The van der Waals surface area contributed by atoms with E-state index in [2.05, 4.69) is 15.3 Å². The highest BCUT2D eigenvalue weighted by Gasteiger charge is 2.21. The van der Waals surface area contributed by atoms with Crippen LogP contribution in [-0.4, -0.2) is 15.9 Å². The Morgan fingerprint density at radius 2 is 2.07 bits per heavy atom. The number of amides is 1. The summed E-state index contributed by atoms with van der Waals surface area (Å²) in [5.41, 5.74) is 9.60. The minimum absolute atomic E-state index is 0. The lowest BCUT2D eigenvalue weighted by atomic mass is 9.87. The minimum atomic E-state index is -0.136. The molecule has 1 aliphatic rings. The SMILES string of the molecule is Cl.Nc1ccc2c(c1)CCCC2NC(=O)CCCc1nc2ccccc2c(=O)[nH]1. The first-order valence-electron chi connectivity index (χ1n) is 9.76. The van der Waals surface area contributed by atoms with Crippen LogP contribution in [0.5, 0.6) is 0 Å². The molecule has 1 aromatic heterocycles. The summed E-state index contributed by atoms with van der Waals surface area (Å²) >= 11 is 0. The molecule has 1 atom stereocenters. The van der Waals surface area contributed by atoms with Crippen LogP contribution in [0, 0.1) is 0 Å². The highest BCUT2D eigenvalue weighted by Crippen LogP contribution is 2.31. The summed E-state index contributed by atoms with van der Waals surface area (Å²) < 4.78 is 0. The standard InChI is InChI=1S/C22H24N4O2.ClH/c23-15-11-12-16-14(13-15)5-3-8-18(16)25-21(27)10-4-9-20-24-19-7-2-1-6-17(19)22(28)26-20;/h1-2,6-7,11-13,18H,3-5,8-10,23H2,(H,25,27)(H,24,26,28);1H. The van der Waals surface area contributed by atoms with Crippen LogP contribution >= 0.6 is 12.4 Å². The van der Waals surface area contributed by atoms with Gasteiger partial charge in [-0.15, -0.1) is 12.4 Å². The Kier molecular flexibility index (Phi) is 6.54. The number of aryl methyl sites for hydroxylation is 2. The molecular formula is C22H25ClN4O2. The van der Waals surface area contributed by atoms with Crippen molar-refractivity contribution < 1.29 is 4.79 Å². The van der Waals surface area contributed by atoms with E-state index in [1.165, 1.54) is 11.1 Å². The molecule has 2 aromatic carbocycles. The first-order chi connectivity index (χ1) is 13.6. The van der Waals surface area contributed by atoms with Crippen molar-refractivity contribution >= 4 is 34.9 Å². The molecule has 0 saturated heterocycles. The number of hydrogen-bond acceptors (Lipinski definition) is 4. The van der Waals surface area contributed by atoms with Crippen LogP contribution in [0.1, 0.15) is 48.7 Å². The highest BCUT2D eigenvalue weighted by atomic mass is 35.5. The lowest BCUT2D eigenvalue weighted by Crippen LogP contribution is -2.31. The maximum absolute atomic E-state index is 12.4. The summed E-state index contributed by atoms with van der Waals surface area (Å²) in [5, 5.41) is 3.73. The van der Waals surface area contributed by atoms with Gasteiger partial charge in [0, 0.05) is 18.5 Å². The van der Waals surface area contributed by atoms with Gasteiger partial charge in [0.25, 0.3) is 5.56 Å². The highest BCUT2D eigenvalue weighted by molar-refractivity contribution is 5.85. The molecule has 0 fully saturated rings. The largest absolute Gasteiger partial charge is 0.399 e. The number of aromatic amines is 1. The molecule has 0 saturated carbocycles. The fourth-order valence-corrected chi connectivity index (χ4v) is 3.92. The number of benzene rings is 2. The Hall–Kier alpha value is -2.86. The Morgan fingerprint density at radius 1 is 1.24 bits per heavy atom. The molecule has 4 N–H and O–H groups in total. The number of carbonyl (C=O) groups excluding carboxylic acids is 1. The zero-order valence-electron chi connectivity index (χ0n) is 16.1. The van der Waals surface area contributed by atoms with E-state index in [-0.39, 0.29) is 29.9 Å². The third kappa shape index (κ3) is 4.77. The average Bonchev–Trinajstić information content (AvgIpc) is 2.68. The van der Waals surface area contributed by atoms with E-state index in [0.717, 1.165) is 24.9 Å². The zero-order valence-corrected chi connectivity index (χ0v) is 16.9. The summed E-state index contributed by atoms with van der Waals surface area (Å²) in [6, 6.07) is 13.2. The normalized spacial score (nSPS) is 15.4. The molecule has 1 aliphatic carbocycles. The number of rotatable bonds is 5. The number of nitrogens with one attached hydrogen (secondary N) is 2. The Labute approximate surface area is 175 Å². The first kappa shape index (κ1) is 20.9. The first-order valence-corrected chi connectivity index (χ1v) is 9.76. The fraction of sp³-hybridized carbons (Fsp3) is 0.318. The van der Waals surface area contributed by atoms with Crippen molar-refractivity contribution in [1.82, 2.24) is 15.3 Å². The van der Waals surface area contributed by atoms with Gasteiger partial charge in [-0.25, -0.2) is 4.98 Å². The van der Waals surface area contributed by atoms with Gasteiger partial charge in [0.1, 0.15) is 5.82 Å². The van der Waals surface area contributed by atoms with Crippen molar-refractivity contribution in [2.45, 2.75) is 44.6 Å². The number of aromatic nitrogens is 2. The number of fused-ring (bicyclic) bond motifs is 2. The molecule has 29 heavy (non-hydrogen) atoms. The molecule has 6 nitrogen and oxygen atoms in total. The molecule has 1 amide bonds. The molecule has 0 aliphatic heterocycles. The van der Waals surface area contributed by atoms with Crippen LogP contribution < -0.4 is 16.6 Å². The quantitative estimate of drug-likeness (QED) is 0.558. The molecule has 0 bridgehead atoms. The predicted octanol–water partition coefficient (Wildman–Crippen LogP) is 3.44. The summed E-state index contributed by atoms with van der Waals surface area (Å²) in [6.45, 7) is 0. The van der Waals surface area contributed by atoms with Crippen molar-refractivity contribution in [3.05, 3.63) is 69.8 Å². The monoisotopic (exact) mass is 412 g/mol. The average molecular weight is 413 g/mol. The van der Waals surface area contributed by atoms with E-state index < -0.39 is 0 Å². The van der Waals surface area contributed by atoms with E-state index in [1.54, 1.807) is 6.07 Å². The summed E-state index contributed by atoms with van der Waals surface area (Å²) in [6.07, 6.45) is 4.59. The molecule has 0 spiro atoms. The Morgan fingerprint density at radius 3 is 2.93 bits per heavy atom. The number of H-pyrrole nitrogens is 1. The van der Waals surface area contributed by atoms with Gasteiger partial charge in [-0.3, -0.25) is 9.59 Å². The molecule has 152 valence electrons. The molecule has 7 heteroatoms. The second kappa shape index (κ2) is 9.09. The van der Waals surface area contributed by atoms with Gasteiger partial charge in [0.15, 0.2) is 0 Å². The van der Waals surface area contributed by atoms with Gasteiger partial charge >= 0.3 is 0 Å². The molecule has 4 rings (SSSR count). The molecule has 3 aromatic rings. The number of anilines is 1. The topological polar surface area (TPSA) is 101 Å². The van der Waals surface area contributed by atoms with Gasteiger partial charge in [-0.05, 0) is 61.1 Å². The van der Waals surface area contributed by atoms with Gasteiger partial charge in [-0.2, -0.15) is 0 Å². The Balaban J connectivity index is 0.00000240. The number of nitrogen functional groups attached to an aromatic ring is 1. The number of halogens is 1. The third-order valence-electron chi connectivity index (χ3n) is 5.30. The maximum Gasteiger partial charge on any atom is 0.258 e. The lowest BCUT2D eigenvalue weighted by Gasteiger charge is -2.26. The van der Waals surface area contributed by atoms with Crippen molar-refractivity contribution in [2.24, 2.45) is 0 Å². The van der Waals surface area contributed by atoms with Gasteiger partial charge in [-0.1, -0.05) is 18.2 Å². The second-order valence-corrected chi connectivity index (χ2v) is 7.35. The second-order valence-electron chi connectivity index (χ2n) is 7.35. The van der Waals surface area contributed by atoms with Crippen LogP contribution in [0.25, 0.3) is 10.9 Å². The van der Waals surface area contributed by atoms with Crippen molar-refractivity contribution in [1.29, 1.82) is 0 Å². The van der Waals surface area contributed by atoms with E-state index in [0.29, 0.717) is 36.0 Å². The van der Waals surface area contributed by atoms with E-state index in [1.807, 2.05) is 36.4 Å². The van der Waals surface area contributed by atoms with Crippen LogP contribution in [0.2, 0.25) is 0 Å². The number of nitrogens with zero attached hydrogens (tertiary/aromatic N) is 1. The molecule has 1 unspecified atom stereocenters. The van der Waals surface area contributed by atoms with Crippen LogP contribution in [0.3, 0.4) is 0 Å². The van der Waals surface area contributed by atoms with Crippen LogP contribution in [-0.2, 0) is 17.6 Å². The molecule has 0 radical (unpaired) electrons. The Bertz CT molecular complexity index is 1080. The summed E-state index contributed by atoms with van der Waals surface area (Å²) in [7, 11) is 0. The van der Waals surface area contributed by atoms with Crippen LogP contribution in [0.15, 0.2) is 47.3 Å². The molecule has 1 heterocycles. The fourth-order valence-electron chi connectivity index (χ4n) is 3.92. The number of hydrogen-bond donors (Lipinski definition) is 3. The summed E-state index contributed by atoms with van der Waals surface area (Å²) in [4.78, 5) is 31.8. The van der Waals surface area contributed by atoms with Gasteiger partial charge < -0.3 is 16.0 Å². The number of para-hydroxylation sites is 1. The maximum atomic E-state index is 12.4. The van der Waals surface area contributed by atoms with Crippen molar-refractivity contribution in [2.75, 3.05) is 5.73 Å². The summed E-state index contributed by atoms with van der Waals surface area (Å²) in [5.74, 6) is 0.646. The predicted molar refractivity (Wildman–Crippen MR) is 117 cm³/mol.